The highest BCUT2D eigenvalue weighted by Gasteiger charge is 2.32. The lowest BCUT2D eigenvalue weighted by Crippen LogP contribution is -2.32. The predicted octanol–water partition coefficient (Wildman–Crippen LogP) is 3.56. The van der Waals surface area contributed by atoms with E-state index in [4.69, 9.17) is 4.74 Å². The number of rotatable bonds is 8. The summed E-state index contributed by atoms with van der Waals surface area (Å²) in [6.07, 6.45) is 0. The summed E-state index contributed by atoms with van der Waals surface area (Å²) in [6.45, 7) is 1.47. The van der Waals surface area contributed by atoms with Crippen molar-refractivity contribution in [3.8, 4) is 5.75 Å². The summed E-state index contributed by atoms with van der Waals surface area (Å²) in [7, 11) is -6.39. The molecule has 29 heavy (non-hydrogen) atoms. The van der Waals surface area contributed by atoms with Crippen LogP contribution in [0.2, 0.25) is 0 Å². The second kappa shape index (κ2) is 8.66. The molecule has 0 spiro atoms. The highest BCUT2D eigenvalue weighted by atomic mass is 32.2. The Morgan fingerprint density at radius 1 is 1.00 bits per heavy atom. The number of benzene rings is 2. The molecule has 3 rings (SSSR count). The summed E-state index contributed by atoms with van der Waals surface area (Å²) in [5.74, 6) is 0.195. The van der Waals surface area contributed by atoms with Gasteiger partial charge in [-0.25, -0.2) is 21.6 Å². The fourth-order valence-corrected chi connectivity index (χ4v) is 7.17. The molecule has 9 heteroatoms. The quantitative estimate of drug-likeness (QED) is 0.566. The fraction of sp³-hybridized carbons (Fsp3) is 0.200. The second-order valence-electron chi connectivity index (χ2n) is 6.38. The molecule has 1 aromatic heterocycles. The van der Waals surface area contributed by atoms with E-state index in [0.717, 1.165) is 16.9 Å². The topological polar surface area (TPSA) is 89.5 Å². The van der Waals surface area contributed by atoms with Gasteiger partial charge in [-0.05, 0) is 41.6 Å². The van der Waals surface area contributed by atoms with Crippen molar-refractivity contribution in [3.05, 3.63) is 77.2 Å². The Morgan fingerprint density at radius 2 is 1.72 bits per heavy atom. The number of hydrogen-bond acceptors (Lipinski definition) is 6. The van der Waals surface area contributed by atoms with Crippen molar-refractivity contribution in [2.45, 2.75) is 21.3 Å². The average Bonchev–Trinajstić information content (AvgIpc) is 3.24. The lowest BCUT2D eigenvalue weighted by atomic mass is 10.1. The van der Waals surface area contributed by atoms with E-state index < -0.39 is 25.1 Å². The Morgan fingerprint density at radius 3 is 2.34 bits per heavy atom. The molecule has 154 valence electrons. The molecule has 0 radical (unpaired) electrons. The average molecular weight is 452 g/mol. The summed E-state index contributed by atoms with van der Waals surface area (Å²) in [4.78, 5) is -0.0275. The van der Waals surface area contributed by atoms with Gasteiger partial charge in [-0.2, -0.15) is 0 Å². The number of nitrogens with one attached hydrogen (secondary N) is 1. The Kier molecular flexibility index (Phi) is 6.42. The Labute approximate surface area is 175 Å². The van der Waals surface area contributed by atoms with Gasteiger partial charge in [-0.15, -0.1) is 11.3 Å². The van der Waals surface area contributed by atoms with Gasteiger partial charge in [0.25, 0.3) is 0 Å². The number of hydrogen-bond donors (Lipinski definition) is 1. The number of sulfone groups is 1. The molecule has 6 nitrogen and oxygen atoms in total. The third kappa shape index (κ3) is 4.69. The Bertz CT molecular complexity index is 1170. The van der Waals surface area contributed by atoms with E-state index in [9.17, 15) is 16.8 Å². The van der Waals surface area contributed by atoms with Gasteiger partial charge in [0.15, 0.2) is 9.84 Å². The highest BCUT2D eigenvalue weighted by molar-refractivity contribution is 7.93. The van der Waals surface area contributed by atoms with Crippen molar-refractivity contribution in [2.24, 2.45) is 0 Å². The van der Waals surface area contributed by atoms with Crippen LogP contribution in [0.3, 0.4) is 0 Å². The van der Waals surface area contributed by atoms with Crippen LogP contribution >= 0.6 is 11.3 Å². The molecule has 0 aliphatic carbocycles. The third-order valence-corrected chi connectivity index (χ3v) is 9.37. The van der Waals surface area contributed by atoms with E-state index in [1.165, 1.54) is 19.2 Å². The van der Waals surface area contributed by atoms with Crippen LogP contribution in [0.15, 0.2) is 75.1 Å². The van der Waals surface area contributed by atoms with E-state index in [2.05, 4.69) is 4.72 Å². The van der Waals surface area contributed by atoms with Gasteiger partial charge >= 0.3 is 0 Å². The van der Waals surface area contributed by atoms with Gasteiger partial charge in [-0.3, -0.25) is 0 Å². The monoisotopic (exact) mass is 451 g/mol. The first-order valence-electron chi connectivity index (χ1n) is 8.72. The zero-order valence-corrected chi connectivity index (χ0v) is 18.4. The third-order valence-electron chi connectivity index (χ3n) is 4.39. The fourth-order valence-electron chi connectivity index (χ4n) is 2.90. The van der Waals surface area contributed by atoms with Crippen LogP contribution in [-0.2, 0) is 19.9 Å². The van der Waals surface area contributed by atoms with Gasteiger partial charge in [0.2, 0.25) is 10.0 Å². The van der Waals surface area contributed by atoms with Gasteiger partial charge in [0.1, 0.15) is 20.1 Å². The van der Waals surface area contributed by atoms with Gasteiger partial charge in [0, 0.05) is 6.54 Å². The van der Waals surface area contributed by atoms with Crippen LogP contribution in [0.25, 0.3) is 0 Å². The molecule has 2 aromatic carbocycles. The molecular weight excluding hydrogens is 430 g/mol. The van der Waals surface area contributed by atoms with Gasteiger partial charge < -0.3 is 4.74 Å². The molecular formula is C20H21NO5S3. The predicted molar refractivity (Wildman–Crippen MR) is 114 cm³/mol. The highest BCUT2D eigenvalue weighted by Crippen LogP contribution is 2.32. The summed E-state index contributed by atoms with van der Waals surface area (Å²) >= 11 is 1.11. The normalized spacial score (nSPS) is 13.2. The minimum atomic E-state index is -3.99. The first-order chi connectivity index (χ1) is 13.8. The molecule has 1 N–H and O–H groups in total. The van der Waals surface area contributed by atoms with Crippen molar-refractivity contribution >= 4 is 31.2 Å². The maximum Gasteiger partial charge on any atom is 0.244 e. The first kappa shape index (κ1) is 21.5. The first-order valence-corrected chi connectivity index (χ1v) is 12.6. The minimum Gasteiger partial charge on any atom is -0.495 e. The van der Waals surface area contributed by atoms with Crippen LogP contribution in [-0.4, -0.2) is 30.5 Å². The van der Waals surface area contributed by atoms with Crippen LogP contribution in [0.5, 0.6) is 5.75 Å². The van der Waals surface area contributed by atoms with E-state index in [-0.39, 0.29) is 21.4 Å². The lowest BCUT2D eigenvalue weighted by molar-refractivity contribution is 0.402. The summed E-state index contributed by atoms with van der Waals surface area (Å²) in [5, 5.41) is 0.615. The molecule has 1 heterocycles. The van der Waals surface area contributed by atoms with E-state index >= 15 is 0 Å². The number of methoxy groups -OCH3 is 1. The van der Waals surface area contributed by atoms with Crippen LogP contribution in [0.1, 0.15) is 16.4 Å². The minimum absolute atomic E-state index is 0.0275. The SMILES string of the molecule is COc1ccc(C)cc1S(=O)(=O)NC[C@@H](c1ccccc1)S(=O)(=O)c1cccs1. The molecule has 0 aliphatic rings. The zero-order valence-electron chi connectivity index (χ0n) is 15.9. The number of thiophene rings is 1. The standard InChI is InChI=1S/C20H21NO5S3/c1-15-10-11-17(26-2)18(13-15)29(24,25)21-14-19(16-7-4-3-5-8-16)28(22,23)20-9-6-12-27-20/h3-13,19,21H,14H2,1-2H3/t19-/m0/s1. The molecule has 0 saturated carbocycles. The Balaban J connectivity index is 1.97. The van der Waals surface area contributed by atoms with Crippen molar-refractivity contribution in [3.63, 3.8) is 0 Å². The van der Waals surface area contributed by atoms with Crippen LogP contribution < -0.4 is 9.46 Å². The molecule has 0 unspecified atom stereocenters. The molecule has 0 fully saturated rings. The molecule has 0 amide bonds. The van der Waals surface area contributed by atoms with E-state index in [0.29, 0.717) is 5.56 Å². The molecule has 3 aromatic rings. The smallest absolute Gasteiger partial charge is 0.244 e. The van der Waals surface area contributed by atoms with Gasteiger partial charge in [-0.1, -0.05) is 42.5 Å². The Hall–Kier alpha value is -2.20. The number of sulfonamides is 1. The zero-order chi connectivity index (χ0) is 21.1. The van der Waals surface area contributed by atoms with Crippen LogP contribution in [0, 0.1) is 6.92 Å². The maximum atomic E-state index is 13.2. The molecule has 0 aliphatic heterocycles. The molecule has 0 bridgehead atoms. The summed E-state index contributed by atoms with van der Waals surface area (Å²) < 4.78 is 60.0. The summed E-state index contributed by atoms with van der Waals surface area (Å²) in [5.41, 5.74) is 1.26. The number of ether oxygens (including phenoxy) is 1. The van der Waals surface area contributed by atoms with Crippen LogP contribution in [0.4, 0.5) is 0 Å². The van der Waals surface area contributed by atoms with Crippen molar-refractivity contribution in [2.75, 3.05) is 13.7 Å². The lowest BCUT2D eigenvalue weighted by Gasteiger charge is -2.19. The second-order valence-corrected chi connectivity index (χ2v) is 11.4. The van der Waals surface area contributed by atoms with Gasteiger partial charge in [0.05, 0.1) is 7.11 Å². The van der Waals surface area contributed by atoms with Crippen molar-refractivity contribution in [1.29, 1.82) is 0 Å². The van der Waals surface area contributed by atoms with E-state index in [1.54, 1.807) is 60.8 Å². The molecule has 0 saturated heterocycles. The van der Waals surface area contributed by atoms with E-state index in [1.807, 2.05) is 0 Å². The maximum absolute atomic E-state index is 13.2. The summed E-state index contributed by atoms with van der Waals surface area (Å²) in [6, 6.07) is 16.6. The van der Waals surface area contributed by atoms with Crippen molar-refractivity contribution < 1.29 is 21.6 Å². The largest absolute Gasteiger partial charge is 0.495 e. The molecule has 1 atom stereocenters. The number of aryl methyl sites for hydroxylation is 1. The van der Waals surface area contributed by atoms with Crippen molar-refractivity contribution in [1.82, 2.24) is 4.72 Å².